The number of rotatable bonds is 16. The van der Waals surface area contributed by atoms with Crippen molar-refractivity contribution in [2.75, 3.05) is 13.2 Å². The minimum Gasteiger partial charge on any atom is -0.491 e. The van der Waals surface area contributed by atoms with E-state index in [0.717, 1.165) is 36.8 Å². The van der Waals surface area contributed by atoms with Crippen molar-refractivity contribution in [2.45, 2.75) is 84.7 Å². The van der Waals surface area contributed by atoms with Gasteiger partial charge in [-0.2, -0.15) is 0 Å². The number of esters is 1. The fourth-order valence-electron chi connectivity index (χ4n) is 3.46. The summed E-state index contributed by atoms with van der Waals surface area (Å²) in [5, 5.41) is 0. The SMILES string of the molecule is CCCCCCCCOc1ccc(-c2ccc(OCC(C)OC(=O)CCCC)cc2)cc1F. The highest BCUT2D eigenvalue weighted by Gasteiger charge is 2.11. The van der Waals surface area contributed by atoms with Crippen LogP contribution in [0.4, 0.5) is 4.39 Å². The van der Waals surface area contributed by atoms with Crippen molar-refractivity contribution in [3.8, 4) is 22.6 Å². The summed E-state index contributed by atoms with van der Waals surface area (Å²) in [6.07, 6.45) is 8.97. The molecule has 0 aliphatic heterocycles. The lowest BCUT2D eigenvalue weighted by molar-refractivity contribution is -0.149. The Balaban J connectivity index is 1.79. The van der Waals surface area contributed by atoms with Crippen LogP contribution >= 0.6 is 0 Å². The van der Waals surface area contributed by atoms with Crippen LogP contribution in [0.15, 0.2) is 42.5 Å². The molecule has 182 valence electrons. The fourth-order valence-corrected chi connectivity index (χ4v) is 3.46. The first kappa shape index (κ1) is 26.7. The van der Waals surface area contributed by atoms with Crippen molar-refractivity contribution >= 4 is 5.97 Å². The van der Waals surface area contributed by atoms with E-state index in [2.05, 4.69) is 6.92 Å². The fraction of sp³-hybridized carbons (Fsp3) is 0.536. The van der Waals surface area contributed by atoms with Gasteiger partial charge in [0.1, 0.15) is 18.5 Å². The summed E-state index contributed by atoms with van der Waals surface area (Å²) < 4.78 is 31.2. The lowest BCUT2D eigenvalue weighted by Crippen LogP contribution is -2.21. The third kappa shape index (κ3) is 10.3. The second-order valence-corrected chi connectivity index (χ2v) is 8.50. The van der Waals surface area contributed by atoms with Gasteiger partial charge in [0.2, 0.25) is 0 Å². The molecule has 0 radical (unpaired) electrons. The second kappa shape index (κ2) is 15.3. The molecular formula is C28H39FO4. The van der Waals surface area contributed by atoms with Gasteiger partial charge in [0.15, 0.2) is 11.6 Å². The highest BCUT2D eigenvalue weighted by molar-refractivity contribution is 5.69. The number of unbranched alkanes of at least 4 members (excludes halogenated alkanes) is 6. The van der Waals surface area contributed by atoms with Gasteiger partial charge in [-0.05, 0) is 55.2 Å². The molecule has 0 bridgehead atoms. The first-order valence-electron chi connectivity index (χ1n) is 12.4. The van der Waals surface area contributed by atoms with E-state index in [1.54, 1.807) is 6.07 Å². The molecule has 5 heteroatoms. The zero-order valence-electron chi connectivity index (χ0n) is 20.4. The number of carbonyl (C=O) groups excluding carboxylic acids is 1. The van der Waals surface area contributed by atoms with Crippen LogP contribution in [0.25, 0.3) is 11.1 Å². The van der Waals surface area contributed by atoms with E-state index in [4.69, 9.17) is 14.2 Å². The number of benzene rings is 2. The summed E-state index contributed by atoms with van der Waals surface area (Å²) in [5.41, 5.74) is 1.67. The molecule has 1 unspecified atom stereocenters. The van der Waals surface area contributed by atoms with E-state index in [-0.39, 0.29) is 24.5 Å². The number of carbonyl (C=O) groups is 1. The summed E-state index contributed by atoms with van der Waals surface area (Å²) in [4.78, 5) is 11.7. The summed E-state index contributed by atoms with van der Waals surface area (Å²) in [6, 6.07) is 12.5. The molecule has 0 aliphatic rings. The van der Waals surface area contributed by atoms with Crippen molar-refractivity contribution in [1.82, 2.24) is 0 Å². The Kier molecular flexibility index (Phi) is 12.4. The Hall–Kier alpha value is -2.56. The molecule has 0 aliphatic carbocycles. The highest BCUT2D eigenvalue weighted by atomic mass is 19.1. The molecule has 0 N–H and O–H groups in total. The third-order valence-corrected chi connectivity index (χ3v) is 5.43. The molecule has 0 aromatic heterocycles. The predicted octanol–water partition coefficient (Wildman–Crippen LogP) is 7.73. The molecule has 0 amide bonds. The van der Waals surface area contributed by atoms with Crippen molar-refractivity contribution < 1.29 is 23.4 Å². The van der Waals surface area contributed by atoms with Crippen molar-refractivity contribution in [2.24, 2.45) is 0 Å². The monoisotopic (exact) mass is 458 g/mol. The molecule has 0 heterocycles. The van der Waals surface area contributed by atoms with Gasteiger partial charge in [-0.25, -0.2) is 4.39 Å². The molecule has 0 saturated carbocycles. The summed E-state index contributed by atoms with van der Waals surface area (Å²) in [6.45, 7) is 6.89. The molecule has 1 atom stereocenters. The number of halogens is 1. The molecule has 0 spiro atoms. The predicted molar refractivity (Wildman–Crippen MR) is 131 cm³/mol. The van der Waals surface area contributed by atoms with Gasteiger partial charge in [0.25, 0.3) is 0 Å². The maximum atomic E-state index is 14.5. The number of hydrogen-bond donors (Lipinski definition) is 0. The molecular weight excluding hydrogens is 419 g/mol. The van der Waals surface area contributed by atoms with Gasteiger partial charge < -0.3 is 14.2 Å². The minimum absolute atomic E-state index is 0.190. The van der Waals surface area contributed by atoms with Gasteiger partial charge >= 0.3 is 5.97 Å². The number of ether oxygens (including phenoxy) is 3. The smallest absolute Gasteiger partial charge is 0.306 e. The zero-order chi connectivity index (χ0) is 23.9. The highest BCUT2D eigenvalue weighted by Crippen LogP contribution is 2.27. The summed E-state index contributed by atoms with van der Waals surface area (Å²) in [5.74, 6) is 0.437. The normalized spacial score (nSPS) is 11.8. The Morgan fingerprint density at radius 1 is 0.848 bits per heavy atom. The van der Waals surface area contributed by atoms with Gasteiger partial charge in [-0.1, -0.05) is 70.6 Å². The third-order valence-electron chi connectivity index (χ3n) is 5.43. The lowest BCUT2D eigenvalue weighted by atomic mass is 10.1. The van der Waals surface area contributed by atoms with Gasteiger partial charge in [0.05, 0.1) is 6.61 Å². The Morgan fingerprint density at radius 3 is 2.21 bits per heavy atom. The maximum Gasteiger partial charge on any atom is 0.306 e. The summed E-state index contributed by atoms with van der Waals surface area (Å²) >= 11 is 0. The van der Waals surface area contributed by atoms with Crippen molar-refractivity contribution in [3.63, 3.8) is 0 Å². The second-order valence-electron chi connectivity index (χ2n) is 8.50. The molecule has 2 aromatic rings. The van der Waals surface area contributed by atoms with E-state index >= 15 is 0 Å². The van der Waals surface area contributed by atoms with E-state index in [0.29, 0.717) is 24.5 Å². The maximum absolute atomic E-state index is 14.5. The molecule has 4 nitrogen and oxygen atoms in total. The number of hydrogen-bond acceptors (Lipinski definition) is 4. The van der Waals surface area contributed by atoms with Crippen LogP contribution in [0.3, 0.4) is 0 Å². The van der Waals surface area contributed by atoms with Crippen LogP contribution in [0.2, 0.25) is 0 Å². The summed E-state index contributed by atoms with van der Waals surface area (Å²) in [7, 11) is 0. The average Bonchev–Trinajstić information content (AvgIpc) is 2.82. The van der Waals surface area contributed by atoms with Crippen LogP contribution in [0.1, 0.15) is 78.6 Å². The molecule has 33 heavy (non-hydrogen) atoms. The Bertz CT molecular complexity index is 819. The van der Waals surface area contributed by atoms with E-state index < -0.39 is 0 Å². The Morgan fingerprint density at radius 2 is 1.52 bits per heavy atom. The van der Waals surface area contributed by atoms with Gasteiger partial charge in [-0.3, -0.25) is 4.79 Å². The van der Waals surface area contributed by atoms with Gasteiger partial charge in [0, 0.05) is 6.42 Å². The van der Waals surface area contributed by atoms with Crippen LogP contribution in [-0.4, -0.2) is 25.3 Å². The van der Waals surface area contributed by atoms with Crippen LogP contribution in [0, 0.1) is 5.82 Å². The molecule has 0 fully saturated rings. The van der Waals surface area contributed by atoms with E-state index in [9.17, 15) is 9.18 Å². The standard InChI is InChI=1S/C28H39FO4/c1-4-6-8-9-10-11-19-31-27-18-15-24(20-26(27)29)23-13-16-25(17-14-23)32-21-22(3)33-28(30)12-7-5-2/h13-18,20,22H,4-12,19,21H2,1-3H3. The van der Waals surface area contributed by atoms with E-state index in [1.807, 2.05) is 44.2 Å². The van der Waals surface area contributed by atoms with Crippen LogP contribution in [0.5, 0.6) is 11.5 Å². The first-order valence-corrected chi connectivity index (χ1v) is 12.4. The van der Waals surface area contributed by atoms with Crippen LogP contribution < -0.4 is 9.47 Å². The molecule has 0 saturated heterocycles. The first-order chi connectivity index (χ1) is 16.0. The van der Waals surface area contributed by atoms with Crippen molar-refractivity contribution in [3.05, 3.63) is 48.3 Å². The molecule has 2 rings (SSSR count). The van der Waals surface area contributed by atoms with Crippen LogP contribution in [-0.2, 0) is 9.53 Å². The van der Waals surface area contributed by atoms with E-state index in [1.165, 1.54) is 31.7 Å². The van der Waals surface area contributed by atoms with Crippen molar-refractivity contribution in [1.29, 1.82) is 0 Å². The largest absolute Gasteiger partial charge is 0.491 e. The lowest BCUT2D eigenvalue weighted by Gasteiger charge is -2.14. The Labute approximate surface area is 198 Å². The topological polar surface area (TPSA) is 44.8 Å². The molecule has 2 aromatic carbocycles. The quantitative estimate of drug-likeness (QED) is 0.191. The average molecular weight is 459 g/mol. The van der Waals surface area contributed by atoms with Gasteiger partial charge in [-0.15, -0.1) is 0 Å². The minimum atomic E-state index is -0.350. The zero-order valence-corrected chi connectivity index (χ0v) is 20.4.